The molecule has 4 rings (SSSR count). The van der Waals surface area contributed by atoms with Gasteiger partial charge in [0.05, 0.1) is 0 Å². The highest BCUT2D eigenvalue weighted by Gasteiger charge is 2.24. The minimum Gasteiger partial charge on any atom is -0.366 e. The Morgan fingerprint density at radius 1 is 1.12 bits per heavy atom. The predicted octanol–water partition coefficient (Wildman–Crippen LogP) is 4.41. The highest BCUT2D eigenvalue weighted by molar-refractivity contribution is 5.97. The van der Waals surface area contributed by atoms with Gasteiger partial charge in [-0.3, -0.25) is 0 Å². The molecule has 1 aromatic carbocycles. The van der Waals surface area contributed by atoms with Crippen LogP contribution >= 0.6 is 0 Å². The van der Waals surface area contributed by atoms with Gasteiger partial charge in [0.25, 0.3) is 5.71 Å². The zero-order valence-electron chi connectivity index (χ0n) is 13.5. The van der Waals surface area contributed by atoms with Gasteiger partial charge in [-0.05, 0) is 43.0 Å². The lowest BCUT2D eigenvalue weighted by molar-refractivity contribution is 0.349. The van der Waals surface area contributed by atoms with Crippen LogP contribution in [0.3, 0.4) is 0 Å². The number of hydrogen-bond acceptors (Lipinski definition) is 5. The molecular weight excluding hydrogens is 307 g/mol. The fraction of sp³-hybridized carbons (Fsp3) is 0.389. The van der Waals surface area contributed by atoms with E-state index in [2.05, 4.69) is 27.4 Å². The second kappa shape index (κ2) is 6.19. The van der Waals surface area contributed by atoms with Gasteiger partial charge < -0.3 is 9.84 Å². The second-order valence-electron chi connectivity index (χ2n) is 6.45. The SMILES string of the molecule is C[C@H]1CCCC[C@@H]1Nc1ncnc2onc(-c3ccc(F)cc3)c12. The van der Waals surface area contributed by atoms with Crippen LogP contribution in [0.4, 0.5) is 10.2 Å². The number of aromatic nitrogens is 3. The first kappa shape index (κ1) is 15.1. The Hall–Kier alpha value is -2.50. The number of rotatable bonds is 3. The van der Waals surface area contributed by atoms with Crippen molar-refractivity contribution in [2.24, 2.45) is 5.92 Å². The third-order valence-electron chi connectivity index (χ3n) is 4.82. The fourth-order valence-electron chi connectivity index (χ4n) is 3.41. The van der Waals surface area contributed by atoms with Gasteiger partial charge in [-0.1, -0.05) is 24.9 Å². The molecule has 0 amide bonds. The molecule has 0 unspecified atom stereocenters. The number of halogens is 1. The van der Waals surface area contributed by atoms with Crippen LogP contribution in [0.5, 0.6) is 0 Å². The number of nitrogens with one attached hydrogen (secondary N) is 1. The summed E-state index contributed by atoms with van der Waals surface area (Å²) in [6, 6.07) is 6.58. The molecule has 0 spiro atoms. The van der Waals surface area contributed by atoms with Crippen molar-refractivity contribution in [3.8, 4) is 11.3 Å². The summed E-state index contributed by atoms with van der Waals surface area (Å²) in [5.74, 6) is 1.05. The molecule has 1 saturated carbocycles. The van der Waals surface area contributed by atoms with Crippen molar-refractivity contribution in [2.45, 2.75) is 38.6 Å². The van der Waals surface area contributed by atoms with Gasteiger partial charge in [0.15, 0.2) is 0 Å². The summed E-state index contributed by atoms with van der Waals surface area (Å²) in [6.07, 6.45) is 6.35. The van der Waals surface area contributed by atoms with E-state index in [0.29, 0.717) is 23.4 Å². The van der Waals surface area contributed by atoms with E-state index in [-0.39, 0.29) is 5.82 Å². The number of anilines is 1. The highest BCUT2D eigenvalue weighted by Crippen LogP contribution is 2.33. The van der Waals surface area contributed by atoms with Crippen molar-refractivity contribution in [3.63, 3.8) is 0 Å². The van der Waals surface area contributed by atoms with Crippen LogP contribution in [0.25, 0.3) is 22.4 Å². The van der Waals surface area contributed by atoms with Crippen molar-refractivity contribution in [1.29, 1.82) is 0 Å². The molecule has 1 fully saturated rings. The van der Waals surface area contributed by atoms with Crippen LogP contribution in [-0.2, 0) is 0 Å². The van der Waals surface area contributed by atoms with Crippen molar-refractivity contribution in [2.75, 3.05) is 5.32 Å². The average Bonchev–Trinajstić information content (AvgIpc) is 3.03. The predicted molar refractivity (Wildman–Crippen MR) is 90.0 cm³/mol. The van der Waals surface area contributed by atoms with Gasteiger partial charge in [-0.2, -0.15) is 4.98 Å². The molecule has 2 aromatic heterocycles. The topological polar surface area (TPSA) is 63.8 Å². The molecule has 1 aliphatic carbocycles. The quantitative estimate of drug-likeness (QED) is 0.772. The lowest BCUT2D eigenvalue weighted by Crippen LogP contribution is -2.30. The first-order valence-corrected chi connectivity index (χ1v) is 8.35. The molecule has 1 N–H and O–H groups in total. The summed E-state index contributed by atoms with van der Waals surface area (Å²) in [6.45, 7) is 2.27. The van der Waals surface area contributed by atoms with Crippen LogP contribution in [0.1, 0.15) is 32.6 Å². The molecule has 3 aromatic rings. The van der Waals surface area contributed by atoms with E-state index in [1.54, 1.807) is 12.1 Å². The number of benzene rings is 1. The minimum atomic E-state index is -0.280. The maximum absolute atomic E-state index is 13.2. The molecule has 124 valence electrons. The van der Waals surface area contributed by atoms with Gasteiger partial charge >= 0.3 is 0 Å². The number of nitrogens with zero attached hydrogens (tertiary/aromatic N) is 3. The lowest BCUT2D eigenvalue weighted by atomic mass is 9.86. The largest absolute Gasteiger partial charge is 0.366 e. The van der Waals surface area contributed by atoms with Crippen molar-refractivity contribution in [1.82, 2.24) is 15.1 Å². The zero-order chi connectivity index (χ0) is 16.5. The summed E-state index contributed by atoms with van der Waals surface area (Å²) < 4.78 is 18.5. The van der Waals surface area contributed by atoms with E-state index >= 15 is 0 Å². The molecule has 0 saturated heterocycles. The van der Waals surface area contributed by atoms with Crippen LogP contribution < -0.4 is 5.32 Å². The molecular formula is C18H19FN4O. The average molecular weight is 326 g/mol. The maximum atomic E-state index is 13.2. The number of fused-ring (bicyclic) bond motifs is 1. The molecule has 0 bridgehead atoms. The smallest absolute Gasteiger partial charge is 0.263 e. The van der Waals surface area contributed by atoms with Crippen molar-refractivity contribution < 1.29 is 8.91 Å². The normalized spacial score (nSPS) is 21.1. The van der Waals surface area contributed by atoms with Crippen LogP contribution in [0, 0.1) is 11.7 Å². The first-order valence-electron chi connectivity index (χ1n) is 8.35. The van der Waals surface area contributed by atoms with E-state index in [9.17, 15) is 4.39 Å². The van der Waals surface area contributed by atoms with Gasteiger partial charge in [-0.15, -0.1) is 0 Å². The molecule has 0 aliphatic heterocycles. The Kier molecular flexibility index (Phi) is 3.88. The fourth-order valence-corrected chi connectivity index (χ4v) is 3.41. The van der Waals surface area contributed by atoms with E-state index in [1.165, 1.54) is 37.7 Å². The van der Waals surface area contributed by atoms with E-state index < -0.39 is 0 Å². The molecule has 5 nitrogen and oxygen atoms in total. The van der Waals surface area contributed by atoms with Gasteiger partial charge in [-0.25, -0.2) is 9.37 Å². The standard InChI is InChI=1S/C18H19FN4O/c1-11-4-2-3-5-14(11)22-17-15-16(12-6-8-13(19)9-7-12)23-24-18(15)21-10-20-17/h6-11,14H,2-5H2,1H3,(H,20,21,22)/t11-,14-/m0/s1. The summed E-state index contributed by atoms with van der Waals surface area (Å²) in [5, 5.41) is 8.44. The van der Waals surface area contributed by atoms with E-state index in [0.717, 1.165) is 23.2 Å². The van der Waals surface area contributed by atoms with Crippen LogP contribution in [0.2, 0.25) is 0 Å². The maximum Gasteiger partial charge on any atom is 0.263 e. The molecule has 2 heterocycles. The summed E-state index contributed by atoms with van der Waals surface area (Å²) in [5.41, 5.74) is 1.86. The van der Waals surface area contributed by atoms with E-state index in [1.807, 2.05) is 0 Å². The van der Waals surface area contributed by atoms with Crippen molar-refractivity contribution >= 4 is 16.9 Å². The highest BCUT2D eigenvalue weighted by atomic mass is 19.1. The molecule has 6 heteroatoms. The Bertz CT molecular complexity index is 846. The Morgan fingerprint density at radius 2 is 1.92 bits per heavy atom. The summed E-state index contributed by atoms with van der Waals surface area (Å²) >= 11 is 0. The first-order chi connectivity index (χ1) is 11.7. The van der Waals surface area contributed by atoms with Gasteiger partial charge in [0.1, 0.15) is 29.0 Å². The molecule has 1 aliphatic rings. The van der Waals surface area contributed by atoms with Gasteiger partial charge in [0, 0.05) is 11.6 Å². The zero-order valence-corrected chi connectivity index (χ0v) is 13.5. The lowest BCUT2D eigenvalue weighted by Gasteiger charge is -2.30. The molecule has 0 radical (unpaired) electrons. The monoisotopic (exact) mass is 326 g/mol. The molecule has 2 atom stereocenters. The van der Waals surface area contributed by atoms with Crippen LogP contribution in [0.15, 0.2) is 35.1 Å². The molecule has 24 heavy (non-hydrogen) atoms. The van der Waals surface area contributed by atoms with Crippen molar-refractivity contribution in [3.05, 3.63) is 36.4 Å². The van der Waals surface area contributed by atoms with Gasteiger partial charge in [0.2, 0.25) is 0 Å². The number of hydrogen-bond donors (Lipinski definition) is 1. The third-order valence-corrected chi connectivity index (χ3v) is 4.82. The summed E-state index contributed by atoms with van der Waals surface area (Å²) in [7, 11) is 0. The minimum absolute atomic E-state index is 0.280. The Labute approximate surface area is 139 Å². The Morgan fingerprint density at radius 3 is 2.71 bits per heavy atom. The summed E-state index contributed by atoms with van der Waals surface area (Å²) in [4.78, 5) is 8.58. The van der Waals surface area contributed by atoms with E-state index in [4.69, 9.17) is 4.52 Å². The van der Waals surface area contributed by atoms with Crippen LogP contribution in [-0.4, -0.2) is 21.2 Å². The second-order valence-corrected chi connectivity index (χ2v) is 6.45. The Balaban J connectivity index is 1.75. The third kappa shape index (κ3) is 2.72.